The summed E-state index contributed by atoms with van der Waals surface area (Å²) in [6.45, 7) is 0. The zero-order valence-electron chi connectivity index (χ0n) is 16.5. The minimum absolute atomic E-state index is 0.0580. The van der Waals surface area contributed by atoms with Gasteiger partial charge in [-0.2, -0.15) is 13.2 Å². The Hall–Kier alpha value is -2.27. The van der Waals surface area contributed by atoms with Gasteiger partial charge in [-0.25, -0.2) is 18.2 Å². The minimum atomic E-state index is -4.66. The van der Waals surface area contributed by atoms with Gasteiger partial charge in [-0.05, 0) is 48.5 Å². The summed E-state index contributed by atoms with van der Waals surface area (Å²) >= 11 is 12.8. The van der Waals surface area contributed by atoms with E-state index in [2.05, 4.69) is 4.98 Å². The highest BCUT2D eigenvalue weighted by Gasteiger charge is 2.31. The number of carbonyl (C=O) groups excluding carboxylic acids is 1. The normalized spacial score (nSPS) is 11.9. The average molecular weight is 536 g/mol. The maximum absolute atomic E-state index is 12.9. The summed E-state index contributed by atoms with van der Waals surface area (Å²) in [6, 6.07) is 10.8. The van der Waals surface area contributed by atoms with Gasteiger partial charge in [0.1, 0.15) is 10.8 Å². The average Bonchev–Trinajstić information content (AvgIpc) is 2.75. The highest BCUT2D eigenvalue weighted by atomic mass is 35.5. The second kappa shape index (κ2) is 10.3. The van der Waals surface area contributed by atoms with Crippen molar-refractivity contribution in [3.05, 3.63) is 82.0 Å². The third kappa shape index (κ3) is 6.63. The number of rotatable bonds is 7. The molecule has 0 unspecified atom stereocenters. The molecule has 0 bridgehead atoms. The molecule has 0 radical (unpaired) electrons. The first-order chi connectivity index (χ1) is 15.5. The molecule has 1 heterocycles. The van der Waals surface area contributed by atoms with E-state index in [1.54, 1.807) is 0 Å². The van der Waals surface area contributed by atoms with Crippen LogP contribution in [0.5, 0.6) is 5.75 Å². The molecule has 3 rings (SSSR count). The van der Waals surface area contributed by atoms with E-state index in [1.807, 2.05) is 0 Å². The molecule has 33 heavy (non-hydrogen) atoms. The van der Waals surface area contributed by atoms with E-state index < -0.39 is 38.2 Å². The SMILES string of the molecule is O=C(Oc1ccc(Cl)cc1Cl)c1cccnc1SCCS(=O)(=O)c1cccc(C(F)(F)F)c1. The molecule has 0 aliphatic carbocycles. The lowest BCUT2D eigenvalue weighted by Gasteiger charge is -2.11. The van der Waals surface area contributed by atoms with E-state index in [1.165, 1.54) is 36.5 Å². The van der Waals surface area contributed by atoms with Crippen molar-refractivity contribution >= 4 is 50.8 Å². The van der Waals surface area contributed by atoms with Crippen LogP contribution in [0.25, 0.3) is 0 Å². The molecular formula is C21H14Cl2F3NO4S2. The number of carbonyl (C=O) groups is 1. The van der Waals surface area contributed by atoms with Gasteiger partial charge in [0.25, 0.3) is 0 Å². The number of sulfone groups is 1. The van der Waals surface area contributed by atoms with Crippen LogP contribution in [0.1, 0.15) is 15.9 Å². The molecule has 0 saturated carbocycles. The molecule has 0 saturated heterocycles. The molecule has 5 nitrogen and oxygen atoms in total. The minimum Gasteiger partial charge on any atom is -0.421 e. The molecule has 0 aliphatic heterocycles. The second-order valence-electron chi connectivity index (χ2n) is 6.51. The van der Waals surface area contributed by atoms with Crippen molar-refractivity contribution in [3.8, 4) is 5.75 Å². The van der Waals surface area contributed by atoms with Gasteiger partial charge in [-0.1, -0.05) is 29.3 Å². The van der Waals surface area contributed by atoms with Crippen LogP contribution in [0, 0.1) is 0 Å². The first-order valence-corrected chi connectivity index (χ1v) is 12.5. The van der Waals surface area contributed by atoms with Gasteiger partial charge in [0.2, 0.25) is 0 Å². The van der Waals surface area contributed by atoms with E-state index in [4.69, 9.17) is 27.9 Å². The Morgan fingerprint density at radius 3 is 2.52 bits per heavy atom. The molecule has 12 heteroatoms. The molecule has 0 amide bonds. The van der Waals surface area contributed by atoms with Crippen molar-refractivity contribution in [1.29, 1.82) is 0 Å². The van der Waals surface area contributed by atoms with Crippen molar-refractivity contribution < 1.29 is 31.1 Å². The third-order valence-corrected chi connectivity index (χ3v) is 7.71. The van der Waals surface area contributed by atoms with E-state index in [0.717, 1.165) is 30.0 Å². The smallest absolute Gasteiger partial charge is 0.416 e. The molecule has 0 aliphatic rings. The van der Waals surface area contributed by atoms with E-state index in [0.29, 0.717) is 11.1 Å². The molecule has 174 valence electrons. The molecule has 2 aromatic carbocycles. The third-order valence-electron chi connectivity index (χ3n) is 4.20. The molecule has 0 fully saturated rings. The van der Waals surface area contributed by atoms with Crippen LogP contribution >= 0.6 is 35.0 Å². The highest BCUT2D eigenvalue weighted by molar-refractivity contribution is 8.00. The van der Waals surface area contributed by atoms with Gasteiger partial charge in [0, 0.05) is 17.0 Å². The van der Waals surface area contributed by atoms with E-state index in [9.17, 15) is 26.4 Å². The predicted octanol–water partition coefficient (Wildman–Crippen LogP) is 6.19. The Morgan fingerprint density at radius 1 is 1.06 bits per heavy atom. The Kier molecular flexibility index (Phi) is 7.94. The number of esters is 1. The lowest BCUT2D eigenvalue weighted by atomic mass is 10.2. The van der Waals surface area contributed by atoms with E-state index in [-0.39, 0.29) is 27.1 Å². The number of hydrogen-bond donors (Lipinski definition) is 0. The zero-order chi connectivity index (χ0) is 24.2. The maximum Gasteiger partial charge on any atom is 0.416 e. The van der Waals surface area contributed by atoms with Crippen LogP contribution < -0.4 is 4.74 Å². The van der Waals surface area contributed by atoms with Gasteiger partial charge in [0.15, 0.2) is 9.84 Å². The summed E-state index contributed by atoms with van der Waals surface area (Å²) in [5.41, 5.74) is -0.975. The van der Waals surface area contributed by atoms with Crippen molar-refractivity contribution in [2.75, 3.05) is 11.5 Å². The molecule has 0 N–H and O–H groups in total. The largest absolute Gasteiger partial charge is 0.421 e. The van der Waals surface area contributed by atoms with E-state index >= 15 is 0 Å². The Balaban J connectivity index is 1.71. The number of ether oxygens (including phenoxy) is 1. The van der Waals surface area contributed by atoms with Crippen LogP contribution in [-0.4, -0.2) is 30.9 Å². The maximum atomic E-state index is 12.9. The first kappa shape index (κ1) is 25.4. The Morgan fingerprint density at radius 2 is 1.82 bits per heavy atom. The van der Waals surface area contributed by atoms with Crippen LogP contribution in [0.4, 0.5) is 13.2 Å². The van der Waals surface area contributed by atoms with Crippen LogP contribution in [0.3, 0.4) is 0 Å². The molecule has 3 aromatic rings. The molecule has 0 atom stereocenters. The molecule has 0 spiro atoms. The fourth-order valence-electron chi connectivity index (χ4n) is 2.61. The molecular weight excluding hydrogens is 522 g/mol. The highest BCUT2D eigenvalue weighted by Crippen LogP contribution is 2.32. The lowest BCUT2D eigenvalue weighted by molar-refractivity contribution is -0.137. The summed E-state index contributed by atoms with van der Waals surface area (Å²) in [7, 11) is -4.00. The number of alkyl halides is 3. The fourth-order valence-corrected chi connectivity index (χ4v) is 5.73. The summed E-state index contributed by atoms with van der Waals surface area (Å²) in [5.74, 6) is -1.21. The van der Waals surface area contributed by atoms with Crippen molar-refractivity contribution in [1.82, 2.24) is 4.98 Å². The Bertz CT molecular complexity index is 1280. The second-order valence-corrected chi connectivity index (χ2v) is 10.5. The van der Waals surface area contributed by atoms with Gasteiger partial charge in [-0.15, -0.1) is 11.8 Å². The monoisotopic (exact) mass is 535 g/mol. The molecule has 1 aromatic heterocycles. The van der Waals surface area contributed by atoms with Gasteiger partial charge in [-0.3, -0.25) is 0 Å². The fraction of sp³-hybridized carbons (Fsp3) is 0.143. The number of halogens is 5. The van der Waals surface area contributed by atoms with Crippen LogP contribution in [-0.2, 0) is 16.0 Å². The standard InChI is InChI=1S/C21H14Cl2F3NO4S2/c22-14-6-7-18(17(23)12-14)31-20(28)16-5-2-8-27-19(16)32-9-10-33(29,30)15-4-1-3-13(11-15)21(24,25)26/h1-8,11-12H,9-10H2. The van der Waals surface area contributed by atoms with Gasteiger partial charge >= 0.3 is 12.1 Å². The number of thioether (sulfide) groups is 1. The van der Waals surface area contributed by atoms with Crippen molar-refractivity contribution in [3.63, 3.8) is 0 Å². The summed E-state index contributed by atoms with van der Waals surface area (Å²) in [4.78, 5) is 16.2. The first-order valence-electron chi connectivity index (χ1n) is 9.12. The van der Waals surface area contributed by atoms with Gasteiger partial charge in [0.05, 0.1) is 26.8 Å². The van der Waals surface area contributed by atoms with Crippen LogP contribution in [0.2, 0.25) is 10.0 Å². The number of pyridine rings is 1. The zero-order valence-corrected chi connectivity index (χ0v) is 19.6. The lowest BCUT2D eigenvalue weighted by Crippen LogP contribution is -2.13. The summed E-state index contributed by atoms with van der Waals surface area (Å²) in [5, 5.41) is 0.687. The van der Waals surface area contributed by atoms with Crippen molar-refractivity contribution in [2.24, 2.45) is 0 Å². The topological polar surface area (TPSA) is 73.3 Å². The quantitative estimate of drug-likeness (QED) is 0.204. The Labute approximate surface area is 201 Å². The van der Waals surface area contributed by atoms with Crippen molar-refractivity contribution in [2.45, 2.75) is 16.1 Å². The number of aromatic nitrogens is 1. The number of nitrogens with zero attached hydrogens (tertiary/aromatic N) is 1. The summed E-state index contributed by atoms with van der Waals surface area (Å²) < 4.78 is 69.0. The van der Waals surface area contributed by atoms with Gasteiger partial charge < -0.3 is 4.74 Å². The predicted molar refractivity (Wildman–Crippen MR) is 120 cm³/mol. The number of hydrogen-bond acceptors (Lipinski definition) is 6. The summed E-state index contributed by atoms with van der Waals surface area (Å²) in [6.07, 6.45) is -3.24. The van der Waals surface area contributed by atoms with Crippen LogP contribution in [0.15, 0.2) is 70.7 Å². The number of benzene rings is 2.